The van der Waals surface area contributed by atoms with Crippen molar-refractivity contribution in [3.05, 3.63) is 65.7 Å². The maximum atomic E-state index is 12.8. The number of alkyl halides is 3. The van der Waals surface area contributed by atoms with Crippen LogP contribution in [-0.2, 0) is 12.7 Å². The third-order valence-electron chi connectivity index (χ3n) is 3.16. The zero-order chi connectivity index (χ0) is 17.9. The first-order valence-corrected chi connectivity index (χ1v) is 7.89. The number of aromatic nitrogens is 2. The molecule has 1 heterocycles. The summed E-state index contributed by atoms with van der Waals surface area (Å²) in [6.07, 6.45) is -4.64. The van der Waals surface area contributed by atoms with Crippen LogP contribution < -0.4 is 4.72 Å². The van der Waals surface area contributed by atoms with Gasteiger partial charge in [-0.2, -0.15) is 18.2 Å². The lowest BCUT2D eigenvalue weighted by molar-refractivity contribution is -0.146. The van der Waals surface area contributed by atoms with Gasteiger partial charge in [-0.15, -0.1) is 0 Å². The number of benzene rings is 2. The number of hydrogen-bond acceptors (Lipinski definition) is 5. The summed E-state index contributed by atoms with van der Waals surface area (Å²) < 4.78 is 58.0. The van der Waals surface area contributed by atoms with Gasteiger partial charge in [0.15, 0.2) is 0 Å². The maximum Gasteiger partial charge on any atom is 0.455 e. The van der Waals surface area contributed by atoms with E-state index in [-0.39, 0.29) is 11.7 Å². The van der Waals surface area contributed by atoms with Crippen LogP contribution in [0.1, 0.15) is 11.4 Å². The van der Waals surface area contributed by atoms with Gasteiger partial charge in [-0.05, 0) is 53.9 Å². The molecule has 3 aromatic rings. The summed E-state index contributed by atoms with van der Waals surface area (Å²) in [4.78, 5) is 4.20. The molecule has 0 aliphatic rings. The largest absolute Gasteiger partial charge is 0.455 e. The van der Waals surface area contributed by atoms with E-state index < -0.39 is 12.0 Å². The van der Waals surface area contributed by atoms with E-state index >= 15 is 0 Å². The molecule has 25 heavy (non-hydrogen) atoms. The standard InChI is InChI=1S/C16H11F4N3OS/c17-12-5-7-13(8-6-12)25-21-9-10-1-3-11(4-2-10)14-22-15(23-24-14)16(18,19)20/h1-8,21H,9H2. The van der Waals surface area contributed by atoms with Gasteiger partial charge in [0.2, 0.25) is 0 Å². The highest BCUT2D eigenvalue weighted by molar-refractivity contribution is 7.97. The highest BCUT2D eigenvalue weighted by Crippen LogP contribution is 2.28. The molecule has 0 unspecified atom stereocenters. The Balaban J connectivity index is 1.58. The molecule has 130 valence electrons. The minimum Gasteiger partial charge on any atom is -0.334 e. The number of halogens is 4. The summed E-state index contributed by atoms with van der Waals surface area (Å²) in [6.45, 7) is 0.514. The summed E-state index contributed by atoms with van der Waals surface area (Å²) in [7, 11) is 0. The SMILES string of the molecule is Fc1ccc(SNCc2ccc(-c3nc(C(F)(F)F)no3)cc2)cc1. The van der Waals surface area contributed by atoms with Gasteiger partial charge < -0.3 is 4.52 Å². The van der Waals surface area contributed by atoms with E-state index in [1.54, 1.807) is 36.4 Å². The first kappa shape index (κ1) is 17.4. The van der Waals surface area contributed by atoms with Crippen molar-refractivity contribution in [2.45, 2.75) is 17.6 Å². The molecule has 0 aliphatic carbocycles. The van der Waals surface area contributed by atoms with Gasteiger partial charge in [-0.3, -0.25) is 4.72 Å². The normalized spacial score (nSPS) is 11.7. The van der Waals surface area contributed by atoms with Crippen LogP contribution in [-0.4, -0.2) is 10.1 Å². The molecule has 0 fully saturated rings. The van der Waals surface area contributed by atoms with Crippen molar-refractivity contribution in [1.29, 1.82) is 0 Å². The Morgan fingerprint density at radius 1 is 1.00 bits per heavy atom. The minimum absolute atomic E-state index is 0.187. The molecule has 9 heteroatoms. The first-order chi connectivity index (χ1) is 11.9. The molecule has 1 N–H and O–H groups in total. The highest BCUT2D eigenvalue weighted by atomic mass is 32.2. The molecule has 0 radical (unpaired) electrons. The van der Waals surface area contributed by atoms with E-state index in [0.29, 0.717) is 12.1 Å². The Hall–Kier alpha value is -2.39. The van der Waals surface area contributed by atoms with E-state index in [4.69, 9.17) is 0 Å². The molecule has 0 saturated carbocycles. The number of hydrogen-bond donors (Lipinski definition) is 1. The fourth-order valence-electron chi connectivity index (χ4n) is 1.93. The predicted molar refractivity (Wildman–Crippen MR) is 83.8 cm³/mol. The van der Waals surface area contributed by atoms with Gasteiger partial charge in [-0.25, -0.2) is 4.39 Å². The molecule has 4 nitrogen and oxygen atoms in total. The molecule has 0 atom stereocenters. The van der Waals surface area contributed by atoms with Gasteiger partial charge in [0.05, 0.1) is 0 Å². The average molecular weight is 369 g/mol. The second-order valence-corrected chi connectivity index (χ2v) is 5.96. The predicted octanol–water partition coefficient (Wildman–Crippen LogP) is 4.69. The number of nitrogens with one attached hydrogen (secondary N) is 1. The monoisotopic (exact) mass is 369 g/mol. The molecule has 0 amide bonds. The van der Waals surface area contributed by atoms with E-state index in [9.17, 15) is 17.6 Å². The zero-order valence-corrected chi connectivity index (χ0v) is 13.4. The van der Waals surface area contributed by atoms with Gasteiger partial charge in [0.1, 0.15) is 5.82 Å². The fourth-order valence-corrected chi connectivity index (χ4v) is 2.60. The van der Waals surface area contributed by atoms with Crippen LogP contribution in [0, 0.1) is 5.82 Å². The second kappa shape index (κ2) is 7.24. The van der Waals surface area contributed by atoms with Gasteiger partial charge >= 0.3 is 6.18 Å². The van der Waals surface area contributed by atoms with Crippen molar-refractivity contribution >= 4 is 11.9 Å². The summed E-state index contributed by atoms with van der Waals surface area (Å²) in [5.41, 5.74) is 1.31. The molecular formula is C16H11F4N3OS. The smallest absolute Gasteiger partial charge is 0.334 e. The van der Waals surface area contributed by atoms with Crippen molar-refractivity contribution in [1.82, 2.24) is 14.9 Å². The number of nitrogens with zero attached hydrogens (tertiary/aromatic N) is 2. The van der Waals surface area contributed by atoms with Crippen LogP contribution in [0.4, 0.5) is 17.6 Å². The molecule has 0 saturated heterocycles. The molecule has 0 aliphatic heterocycles. The Bertz CT molecular complexity index is 832. The van der Waals surface area contributed by atoms with Gasteiger partial charge in [0.25, 0.3) is 11.7 Å². The molecule has 1 aromatic heterocycles. The van der Waals surface area contributed by atoms with Crippen LogP contribution >= 0.6 is 11.9 Å². The summed E-state index contributed by atoms with van der Waals surface area (Å²) >= 11 is 1.35. The third-order valence-corrected chi connectivity index (χ3v) is 3.96. The third kappa shape index (κ3) is 4.58. The maximum absolute atomic E-state index is 12.8. The highest BCUT2D eigenvalue weighted by Gasteiger charge is 2.37. The van der Waals surface area contributed by atoms with Crippen molar-refractivity contribution in [3.8, 4) is 11.5 Å². The average Bonchev–Trinajstić information content (AvgIpc) is 3.08. The van der Waals surface area contributed by atoms with Crippen molar-refractivity contribution in [3.63, 3.8) is 0 Å². The molecule has 2 aromatic carbocycles. The number of rotatable bonds is 5. The van der Waals surface area contributed by atoms with Crippen LogP contribution in [0.25, 0.3) is 11.5 Å². The van der Waals surface area contributed by atoms with Crippen molar-refractivity contribution in [2.24, 2.45) is 0 Å². The molecule has 0 bridgehead atoms. The Labute approximate surface area is 144 Å². The summed E-state index contributed by atoms with van der Waals surface area (Å²) in [5, 5.41) is 2.92. The Kier molecular flexibility index (Phi) is 5.05. The van der Waals surface area contributed by atoms with E-state index in [1.165, 1.54) is 24.1 Å². The van der Waals surface area contributed by atoms with Crippen LogP contribution in [0.2, 0.25) is 0 Å². The van der Waals surface area contributed by atoms with Crippen LogP contribution in [0.5, 0.6) is 0 Å². The fraction of sp³-hybridized carbons (Fsp3) is 0.125. The van der Waals surface area contributed by atoms with E-state index in [0.717, 1.165) is 10.5 Å². The summed E-state index contributed by atoms with van der Waals surface area (Å²) in [6, 6.07) is 12.8. The van der Waals surface area contributed by atoms with Gasteiger partial charge in [0, 0.05) is 17.0 Å². The first-order valence-electron chi connectivity index (χ1n) is 7.07. The second-order valence-electron chi connectivity index (χ2n) is 4.99. The zero-order valence-electron chi connectivity index (χ0n) is 12.5. The Morgan fingerprint density at radius 3 is 2.28 bits per heavy atom. The molecular weight excluding hydrogens is 358 g/mol. The summed E-state index contributed by atoms with van der Waals surface area (Å²) in [5.74, 6) is -1.79. The minimum atomic E-state index is -4.64. The van der Waals surface area contributed by atoms with E-state index in [2.05, 4.69) is 19.4 Å². The quantitative estimate of drug-likeness (QED) is 0.522. The Morgan fingerprint density at radius 2 is 1.68 bits per heavy atom. The molecule has 3 rings (SSSR count). The van der Waals surface area contributed by atoms with Crippen molar-refractivity contribution < 1.29 is 22.1 Å². The van der Waals surface area contributed by atoms with Gasteiger partial charge in [-0.1, -0.05) is 17.3 Å². The molecule has 0 spiro atoms. The van der Waals surface area contributed by atoms with Crippen LogP contribution in [0.15, 0.2) is 57.9 Å². The lowest BCUT2D eigenvalue weighted by Crippen LogP contribution is -2.07. The topological polar surface area (TPSA) is 51.0 Å². The lowest BCUT2D eigenvalue weighted by Gasteiger charge is -2.05. The van der Waals surface area contributed by atoms with E-state index in [1.807, 2.05) is 0 Å². The van der Waals surface area contributed by atoms with Crippen LogP contribution in [0.3, 0.4) is 0 Å². The lowest BCUT2D eigenvalue weighted by atomic mass is 10.1. The van der Waals surface area contributed by atoms with Crippen molar-refractivity contribution in [2.75, 3.05) is 0 Å².